The number of guanidine groups is 1. The van der Waals surface area contributed by atoms with Gasteiger partial charge in [0.1, 0.15) is 0 Å². The molecule has 29 heavy (non-hydrogen) atoms. The molecule has 7 nitrogen and oxygen atoms in total. The van der Waals surface area contributed by atoms with Crippen LogP contribution in [-0.2, 0) is 20.0 Å². The van der Waals surface area contributed by atoms with E-state index in [-0.39, 0.29) is 29.7 Å². The maximum absolute atomic E-state index is 9.72. The van der Waals surface area contributed by atoms with E-state index in [0.717, 1.165) is 36.7 Å². The maximum Gasteiger partial charge on any atom is 0.193 e. The van der Waals surface area contributed by atoms with Gasteiger partial charge >= 0.3 is 0 Å². The summed E-state index contributed by atoms with van der Waals surface area (Å²) < 4.78 is 7.05. The Morgan fingerprint density at radius 1 is 1.38 bits per heavy atom. The quantitative estimate of drug-likeness (QED) is 0.320. The summed E-state index contributed by atoms with van der Waals surface area (Å²) >= 11 is 0. The minimum Gasteiger partial charge on any atom is -0.504 e. The number of hydrogen-bond donors (Lipinski definition) is 2. The van der Waals surface area contributed by atoms with Crippen LogP contribution in [0.25, 0.3) is 0 Å². The summed E-state index contributed by atoms with van der Waals surface area (Å²) in [5.41, 5.74) is 3.42. The van der Waals surface area contributed by atoms with E-state index in [1.54, 1.807) is 13.2 Å². The lowest BCUT2D eigenvalue weighted by molar-refractivity contribution is 0.373. The monoisotopic (exact) mass is 515 g/mol. The van der Waals surface area contributed by atoms with Crippen molar-refractivity contribution in [2.45, 2.75) is 39.7 Å². The van der Waals surface area contributed by atoms with Crippen molar-refractivity contribution < 1.29 is 9.84 Å². The second-order valence-corrected chi connectivity index (χ2v) is 7.22. The molecule has 0 radical (unpaired) electrons. The van der Waals surface area contributed by atoms with E-state index in [0.29, 0.717) is 18.2 Å². The molecule has 2 N–H and O–H groups in total. The highest BCUT2D eigenvalue weighted by Crippen LogP contribution is 2.26. The van der Waals surface area contributed by atoms with Crippen molar-refractivity contribution >= 4 is 29.9 Å². The van der Waals surface area contributed by atoms with Gasteiger partial charge in [0.15, 0.2) is 17.5 Å². The standard InChI is InChI=1S/C21H33N5O2.HI/c1-7-22-21(23-11-10-16-8-9-18(27)19(12-16)28-6)25(4)13-17-14-26(5)24-20(17)15(2)3;/h8-9,12,14-15,27H,7,10-11,13H2,1-6H3,(H,22,23);1H. The summed E-state index contributed by atoms with van der Waals surface area (Å²) in [4.78, 5) is 6.89. The number of aromatic hydroxyl groups is 1. The smallest absolute Gasteiger partial charge is 0.193 e. The lowest BCUT2D eigenvalue weighted by Crippen LogP contribution is -2.38. The molecule has 0 fully saturated rings. The Balaban J connectivity index is 0.00000420. The second kappa shape index (κ2) is 11.9. The van der Waals surface area contributed by atoms with Crippen molar-refractivity contribution in [1.29, 1.82) is 0 Å². The molecular weight excluding hydrogens is 481 g/mol. The van der Waals surface area contributed by atoms with Gasteiger partial charge in [0.25, 0.3) is 0 Å². The molecule has 1 aromatic carbocycles. The predicted octanol–water partition coefficient (Wildman–Crippen LogP) is 3.52. The lowest BCUT2D eigenvalue weighted by Gasteiger charge is -2.22. The number of halogens is 1. The molecule has 0 atom stereocenters. The van der Waals surface area contributed by atoms with Crippen molar-refractivity contribution in [1.82, 2.24) is 20.0 Å². The molecule has 2 rings (SSSR count). The number of aryl methyl sites for hydroxylation is 1. The fourth-order valence-corrected chi connectivity index (χ4v) is 3.13. The third-order valence-electron chi connectivity index (χ3n) is 4.49. The summed E-state index contributed by atoms with van der Waals surface area (Å²) in [7, 11) is 5.56. The topological polar surface area (TPSA) is 74.9 Å². The van der Waals surface area contributed by atoms with Crippen LogP contribution in [0.4, 0.5) is 0 Å². The number of methoxy groups -OCH3 is 1. The highest BCUT2D eigenvalue weighted by molar-refractivity contribution is 14.0. The molecule has 0 amide bonds. The normalized spacial score (nSPS) is 11.3. The van der Waals surface area contributed by atoms with Crippen LogP contribution in [-0.4, -0.2) is 53.0 Å². The molecule has 0 aliphatic carbocycles. The second-order valence-electron chi connectivity index (χ2n) is 7.22. The molecule has 0 unspecified atom stereocenters. The van der Waals surface area contributed by atoms with Crippen molar-refractivity contribution in [3.8, 4) is 11.5 Å². The zero-order valence-electron chi connectivity index (χ0n) is 18.3. The van der Waals surface area contributed by atoms with Crippen molar-refractivity contribution in [3.63, 3.8) is 0 Å². The number of rotatable bonds is 8. The first-order valence-electron chi connectivity index (χ1n) is 9.73. The zero-order valence-corrected chi connectivity index (χ0v) is 20.6. The van der Waals surface area contributed by atoms with E-state index < -0.39 is 0 Å². The molecule has 8 heteroatoms. The van der Waals surface area contributed by atoms with Crippen molar-refractivity contribution in [3.05, 3.63) is 41.2 Å². The van der Waals surface area contributed by atoms with Gasteiger partial charge in [0.05, 0.1) is 12.8 Å². The van der Waals surface area contributed by atoms with E-state index >= 15 is 0 Å². The average Bonchev–Trinajstić information content (AvgIpc) is 3.02. The van der Waals surface area contributed by atoms with E-state index in [1.165, 1.54) is 5.56 Å². The molecule has 0 aliphatic heterocycles. The molecule has 1 heterocycles. The molecule has 0 spiro atoms. The van der Waals surface area contributed by atoms with Gasteiger partial charge in [-0.2, -0.15) is 5.10 Å². The van der Waals surface area contributed by atoms with E-state index in [4.69, 9.17) is 9.73 Å². The third-order valence-corrected chi connectivity index (χ3v) is 4.49. The number of aliphatic imine (C=N–C) groups is 1. The number of nitrogens with one attached hydrogen (secondary N) is 1. The molecule has 0 saturated carbocycles. The Morgan fingerprint density at radius 2 is 2.10 bits per heavy atom. The zero-order chi connectivity index (χ0) is 20.7. The SMILES string of the molecule is CCNC(=NCCc1ccc(O)c(OC)c1)N(C)Cc1cn(C)nc1C(C)C.I. The fourth-order valence-electron chi connectivity index (χ4n) is 3.13. The maximum atomic E-state index is 9.72. The number of hydrogen-bond acceptors (Lipinski definition) is 4. The summed E-state index contributed by atoms with van der Waals surface area (Å²) in [6, 6.07) is 5.41. The Hall–Kier alpha value is -1.97. The fraction of sp³-hybridized carbons (Fsp3) is 0.524. The Labute approximate surface area is 191 Å². The molecule has 0 bridgehead atoms. The molecule has 0 aliphatic rings. The number of aromatic nitrogens is 2. The van der Waals surface area contributed by atoms with Crippen LogP contribution in [0.3, 0.4) is 0 Å². The van der Waals surface area contributed by atoms with Crippen LogP contribution >= 0.6 is 24.0 Å². The van der Waals surface area contributed by atoms with E-state index in [9.17, 15) is 5.11 Å². The van der Waals surface area contributed by atoms with E-state index in [2.05, 4.69) is 42.3 Å². The van der Waals surface area contributed by atoms with Gasteiger partial charge in [-0.15, -0.1) is 24.0 Å². The lowest BCUT2D eigenvalue weighted by atomic mass is 10.1. The number of ether oxygens (including phenoxy) is 1. The van der Waals surface area contributed by atoms with E-state index in [1.807, 2.05) is 30.9 Å². The van der Waals surface area contributed by atoms with Gasteiger partial charge in [-0.3, -0.25) is 9.67 Å². The first-order valence-corrected chi connectivity index (χ1v) is 9.73. The third kappa shape index (κ3) is 7.09. The van der Waals surface area contributed by atoms with Gasteiger partial charge < -0.3 is 20.1 Å². The van der Waals surface area contributed by atoms with Crippen LogP contribution < -0.4 is 10.1 Å². The first-order chi connectivity index (χ1) is 13.3. The van der Waals surface area contributed by atoms with Crippen LogP contribution in [0.2, 0.25) is 0 Å². The highest BCUT2D eigenvalue weighted by Gasteiger charge is 2.15. The van der Waals surface area contributed by atoms with Crippen LogP contribution in [0.5, 0.6) is 11.5 Å². The summed E-state index contributed by atoms with van der Waals surface area (Å²) in [6.07, 6.45) is 2.85. The van der Waals surface area contributed by atoms with Gasteiger partial charge in [0.2, 0.25) is 0 Å². The molecule has 1 aromatic heterocycles. The number of phenolic OH excluding ortho intramolecular Hbond substituents is 1. The van der Waals surface area contributed by atoms with Gasteiger partial charge in [-0.25, -0.2) is 0 Å². The first kappa shape index (κ1) is 25.1. The van der Waals surface area contributed by atoms with Crippen molar-refractivity contribution in [2.75, 3.05) is 27.2 Å². The molecule has 0 saturated heterocycles. The highest BCUT2D eigenvalue weighted by atomic mass is 127. The number of nitrogens with zero attached hydrogens (tertiary/aromatic N) is 4. The largest absolute Gasteiger partial charge is 0.504 e. The van der Waals surface area contributed by atoms with Gasteiger partial charge in [0, 0.05) is 45.5 Å². The Morgan fingerprint density at radius 3 is 2.72 bits per heavy atom. The average molecular weight is 515 g/mol. The molecule has 2 aromatic rings. The minimum atomic E-state index is 0. The minimum absolute atomic E-state index is 0. The van der Waals surface area contributed by atoms with Gasteiger partial charge in [-0.05, 0) is 37.0 Å². The van der Waals surface area contributed by atoms with Crippen molar-refractivity contribution in [2.24, 2.45) is 12.0 Å². The van der Waals surface area contributed by atoms with Crippen LogP contribution in [0, 0.1) is 0 Å². The predicted molar refractivity (Wildman–Crippen MR) is 129 cm³/mol. The van der Waals surface area contributed by atoms with Gasteiger partial charge in [-0.1, -0.05) is 19.9 Å². The molecular formula is C21H34IN5O2. The number of phenols is 1. The summed E-state index contributed by atoms with van der Waals surface area (Å²) in [6.45, 7) is 8.59. The summed E-state index contributed by atoms with van der Waals surface area (Å²) in [5, 5.41) is 17.7. The Bertz CT molecular complexity index is 804. The van der Waals surface area contributed by atoms with Crippen LogP contribution in [0.1, 0.15) is 43.5 Å². The number of benzene rings is 1. The molecule has 162 valence electrons. The summed E-state index contributed by atoms with van der Waals surface area (Å²) in [5.74, 6) is 1.89. The van der Waals surface area contributed by atoms with Crippen LogP contribution in [0.15, 0.2) is 29.4 Å². The Kier molecular flexibility index (Phi) is 10.3.